The molecule has 0 unspecified atom stereocenters. The quantitative estimate of drug-likeness (QED) is 0.106. The van der Waals surface area contributed by atoms with E-state index in [1.165, 1.54) is 19.8 Å². The van der Waals surface area contributed by atoms with E-state index >= 15 is 0 Å². The second-order valence-electron chi connectivity index (χ2n) is 17.3. The van der Waals surface area contributed by atoms with Crippen LogP contribution in [0.4, 0.5) is 9.59 Å². The first-order valence-corrected chi connectivity index (χ1v) is 21.6. The lowest BCUT2D eigenvalue weighted by molar-refractivity contribution is -0.137. The van der Waals surface area contributed by atoms with Gasteiger partial charge in [-0.1, -0.05) is 46.8 Å². The van der Waals surface area contributed by atoms with Crippen molar-refractivity contribution in [3.8, 4) is 39.4 Å². The number of aromatic nitrogens is 4. The summed E-state index contributed by atoms with van der Waals surface area (Å²) in [4.78, 5) is 72.7. The average molecular weight is 853 g/mol. The lowest BCUT2D eigenvalue weighted by Crippen LogP contribution is -2.52. The number of amides is 4. The van der Waals surface area contributed by atoms with E-state index in [2.05, 4.69) is 50.9 Å². The number of aryl methyl sites for hydroxylation is 2. The Kier molecular flexibility index (Phi) is 13.3. The zero-order chi connectivity index (χ0) is 44.4. The topological polar surface area (TPSA) is 193 Å². The van der Waals surface area contributed by atoms with Crippen molar-refractivity contribution in [2.75, 3.05) is 41.0 Å². The number of benzene rings is 2. The molecule has 5 atom stereocenters. The fourth-order valence-electron chi connectivity index (χ4n) is 9.05. The van der Waals surface area contributed by atoms with E-state index in [1.807, 2.05) is 46.4 Å². The van der Waals surface area contributed by atoms with Gasteiger partial charge >= 0.3 is 12.2 Å². The standard InChI is InChI=1S/C46H60N8O8/c1-10-15-53(43(55)38(24(2)3)51-45(57)60-8)26(6)41-47-20-35(49-41)29-11-13-31-30(17-29)23-62-37-19-32-28(18-33(31)37)12-14-34-40(32)50-42(48-34)36-16-27(22-59-7)21-54(36)44(56)39(25(4)5)52-46(58)61-9/h11,13,17-20,24-27,36,38-39H,10,12,14-16,21-23H2,1-9H3,(H,47,49)(H,48,50)(H,51,57)(H,52,58)/t26-,27-,36-,38-,39-/m0/s1. The van der Waals surface area contributed by atoms with Gasteiger partial charge in [0.25, 0.3) is 0 Å². The summed E-state index contributed by atoms with van der Waals surface area (Å²) >= 11 is 0. The highest BCUT2D eigenvalue weighted by Gasteiger charge is 2.42. The minimum atomic E-state index is -0.750. The Labute approximate surface area is 362 Å². The zero-order valence-electron chi connectivity index (χ0n) is 37.2. The van der Waals surface area contributed by atoms with Gasteiger partial charge in [0.15, 0.2) is 0 Å². The first kappa shape index (κ1) is 44.2. The fraction of sp³-hybridized carbons (Fsp3) is 0.522. The molecule has 2 aliphatic heterocycles. The minimum Gasteiger partial charge on any atom is -0.488 e. The molecule has 0 spiro atoms. The van der Waals surface area contributed by atoms with Crippen LogP contribution < -0.4 is 15.4 Å². The maximum absolute atomic E-state index is 14.1. The number of aromatic amines is 2. The predicted molar refractivity (Wildman–Crippen MR) is 232 cm³/mol. The van der Waals surface area contributed by atoms with E-state index in [0.717, 1.165) is 75.7 Å². The Balaban J connectivity index is 1.12. The van der Waals surface area contributed by atoms with Crippen LogP contribution in [0.25, 0.3) is 33.6 Å². The normalized spacial score (nSPS) is 17.8. The van der Waals surface area contributed by atoms with Crippen LogP contribution in [0, 0.1) is 17.8 Å². The number of alkyl carbamates (subject to hydrolysis) is 2. The first-order chi connectivity index (χ1) is 29.8. The lowest BCUT2D eigenvalue weighted by atomic mass is 9.86. The fourth-order valence-corrected chi connectivity index (χ4v) is 9.05. The van der Waals surface area contributed by atoms with Crippen LogP contribution in [0.15, 0.2) is 36.5 Å². The smallest absolute Gasteiger partial charge is 0.407 e. The Bertz CT molecular complexity index is 2300. The number of ether oxygens (including phenoxy) is 4. The van der Waals surface area contributed by atoms with Crippen molar-refractivity contribution in [1.29, 1.82) is 0 Å². The summed E-state index contributed by atoms with van der Waals surface area (Å²) in [5.74, 6) is 1.60. The molecule has 4 heterocycles. The average Bonchev–Trinajstić information content (AvgIpc) is 4.04. The second kappa shape index (κ2) is 18.6. The molecule has 4 N–H and O–H groups in total. The van der Waals surface area contributed by atoms with Crippen molar-refractivity contribution >= 4 is 24.0 Å². The van der Waals surface area contributed by atoms with E-state index in [4.69, 9.17) is 28.9 Å². The van der Waals surface area contributed by atoms with Gasteiger partial charge in [-0.25, -0.2) is 19.6 Å². The molecule has 0 bridgehead atoms. The predicted octanol–water partition coefficient (Wildman–Crippen LogP) is 6.72. The third-order valence-corrected chi connectivity index (χ3v) is 12.4. The molecular formula is C46H60N8O8. The number of hydrogen-bond acceptors (Lipinski definition) is 10. The molecule has 1 fully saturated rings. The molecule has 2 aromatic carbocycles. The van der Waals surface area contributed by atoms with Crippen molar-refractivity contribution in [2.45, 2.75) is 98.0 Å². The molecule has 332 valence electrons. The van der Waals surface area contributed by atoms with Crippen LogP contribution >= 0.6 is 0 Å². The minimum absolute atomic E-state index is 0.113. The molecule has 62 heavy (non-hydrogen) atoms. The number of carbonyl (C=O) groups is 4. The van der Waals surface area contributed by atoms with Crippen molar-refractivity contribution in [1.82, 2.24) is 40.4 Å². The number of likely N-dealkylation sites (tertiary alicyclic amines) is 1. The zero-order valence-corrected chi connectivity index (χ0v) is 37.2. The van der Waals surface area contributed by atoms with Crippen molar-refractivity contribution in [2.24, 2.45) is 17.8 Å². The third-order valence-electron chi connectivity index (χ3n) is 12.4. The van der Waals surface area contributed by atoms with E-state index < -0.39 is 24.3 Å². The highest BCUT2D eigenvalue weighted by Crippen LogP contribution is 2.46. The number of rotatable bonds is 14. The molecule has 7 rings (SSSR count). The van der Waals surface area contributed by atoms with E-state index in [0.29, 0.717) is 38.5 Å². The number of H-pyrrole nitrogens is 2. The Morgan fingerprint density at radius 1 is 0.903 bits per heavy atom. The summed E-state index contributed by atoms with van der Waals surface area (Å²) < 4.78 is 21.6. The first-order valence-electron chi connectivity index (χ1n) is 21.6. The van der Waals surface area contributed by atoms with Gasteiger partial charge in [-0.15, -0.1) is 0 Å². The number of imidazole rings is 2. The molecule has 0 radical (unpaired) electrons. The summed E-state index contributed by atoms with van der Waals surface area (Å²) in [6.07, 6.45) is 3.50. The number of hydrogen-bond donors (Lipinski definition) is 4. The van der Waals surface area contributed by atoms with Crippen LogP contribution in [-0.4, -0.2) is 107 Å². The Morgan fingerprint density at radius 2 is 1.63 bits per heavy atom. The SMILES string of the molecule is CCCN(C(=O)[C@@H](NC(=O)OC)C(C)C)[C@@H](C)c1ncc(-c2ccc3c(c2)COc2cc4c(cc2-3)CCc2[nH]c([C@@H]3C[C@H](COC)CN3C(=O)[C@@H](NC(=O)OC)C(C)C)nc2-4)[nH]1. The maximum Gasteiger partial charge on any atom is 0.407 e. The summed E-state index contributed by atoms with van der Waals surface area (Å²) in [5, 5.41) is 5.45. The van der Waals surface area contributed by atoms with E-state index in [1.54, 1.807) is 18.2 Å². The molecule has 16 heteroatoms. The van der Waals surface area contributed by atoms with Crippen LogP contribution in [0.3, 0.4) is 0 Å². The monoisotopic (exact) mass is 852 g/mol. The van der Waals surface area contributed by atoms with Crippen LogP contribution in [0.2, 0.25) is 0 Å². The molecule has 1 saturated heterocycles. The van der Waals surface area contributed by atoms with Gasteiger partial charge in [0.1, 0.15) is 36.1 Å². The molecule has 0 saturated carbocycles. The highest BCUT2D eigenvalue weighted by atomic mass is 16.5. The number of methoxy groups -OCH3 is 3. The van der Waals surface area contributed by atoms with Crippen LogP contribution in [-0.2, 0) is 43.2 Å². The van der Waals surface area contributed by atoms with E-state index in [-0.39, 0.29) is 41.7 Å². The summed E-state index contributed by atoms with van der Waals surface area (Å²) in [6.45, 7) is 13.4. The van der Waals surface area contributed by atoms with Crippen LogP contribution in [0.1, 0.15) is 94.9 Å². The van der Waals surface area contributed by atoms with Gasteiger partial charge < -0.3 is 49.3 Å². The van der Waals surface area contributed by atoms with Gasteiger partial charge in [-0.05, 0) is 84.9 Å². The summed E-state index contributed by atoms with van der Waals surface area (Å²) in [6, 6.07) is 8.47. The Morgan fingerprint density at radius 3 is 2.31 bits per heavy atom. The van der Waals surface area contributed by atoms with E-state index in [9.17, 15) is 19.2 Å². The van der Waals surface area contributed by atoms with Crippen molar-refractivity contribution in [3.63, 3.8) is 0 Å². The number of nitrogens with zero attached hydrogens (tertiary/aromatic N) is 4. The van der Waals surface area contributed by atoms with Crippen molar-refractivity contribution in [3.05, 3.63) is 65.0 Å². The third kappa shape index (κ3) is 8.74. The molecule has 16 nitrogen and oxygen atoms in total. The largest absolute Gasteiger partial charge is 0.488 e. The number of nitrogens with one attached hydrogen (secondary N) is 4. The second-order valence-corrected chi connectivity index (χ2v) is 17.3. The molecule has 2 aromatic heterocycles. The Hall–Kier alpha value is -5.90. The van der Waals surface area contributed by atoms with Gasteiger partial charge in [-0.3, -0.25) is 9.59 Å². The van der Waals surface area contributed by atoms with Gasteiger partial charge in [0.05, 0.1) is 50.5 Å². The molecule has 3 aliphatic rings. The number of carbonyl (C=O) groups excluding carboxylic acids is 4. The van der Waals surface area contributed by atoms with Gasteiger partial charge in [0, 0.05) is 42.9 Å². The summed E-state index contributed by atoms with van der Waals surface area (Å²) in [5.41, 5.74) is 9.02. The maximum atomic E-state index is 14.1. The molecule has 4 aromatic rings. The van der Waals surface area contributed by atoms with Crippen molar-refractivity contribution < 1.29 is 38.1 Å². The number of fused-ring (bicyclic) bond motifs is 6. The highest BCUT2D eigenvalue weighted by molar-refractivity contribution is 5.88. The van der Waals surface area contributed by atoms with Gasteiger partial charge in [-0.2, -0.15) is 0 Å². The molecule has 1 aliphatic carbocycles. The molecular weight excluding hydrogens is 793 g/mol. The summed E-state index contributed by atoms with van der Waals surface area (Å²) in [7, 11) is 4.24. The van der Waals surface area contributed by atoms with Crippen LogP contribution in [0.5, 0.6) is 5.75 Å². The lowest BCUT2D eigenvalue weighted by Gasteiger charge is -2.33. The molecule has 4 amide bonds. The van der Waals surface area contributed by atoms with Gasteiger partial charge in [0.2, 0.25) is 11.8 Å².